The Morgan fingerprint density at radius 3 is 2.67 bits per heavy atom. The van der Waals surface area contributed by atoms with Crippen LogP contribution >= 0.6 is 0 Å². The minimum atomic E-state index is -0.885. The van der Waals surface area contributed by atoms with Crippen LogP contribution in [0.2, 0.25) is 0 Å². The lowest BCUT2D eigenvalue weighted by Gasteiger charge is -2.42. The highest BCUT2D eigenvalue weighted by Crippen LogP contribution is 2.48. The number of carbonyl (C=O) groups is 2. The molecule has 3 fully saturated rings. The first-order valence-electron chi connectivity index (χ1n) is 10.6. The van der Waals surface area contributed by atoms with E-state index in [2.05, 4.69) is 0 Å². The molecule has 156 valence electrons. The smallest absolute Gasteiger partial charge is 0.257 e. The Bertz CT molecular complexity index is 981. The molecule has 1 unspecified atom stereocenters. The van der Waals surface area contributed by atoms with E-state index in [9.17, 15) is 14.0 Å². The van der Waals surface area contributed by atoms with E-state index in [-0.39, 0.29) is 35.9 Å². The Balaban J connectivity index is 1.35. The quantitative estimate of drug-likeness (QED) is 0.757. The van der Waals surface area contributed by atoms with Crippen molar-refractivity contribution in [1.29, 1.82) is 0 Å². The summed E-state index contributed by atoms with van der Waals surface area (Å²) in [6.45, 7) is 2.46. The average molecular weight is 408 g/mol. The van der Waals surface area contributed by atoms with Crippen LogP contribution in [0.25, 0.3) is 0 Å². The van der Waals surface area contributed by atoms with Gasteiger partial charge in [0.05, 0.1) is 6.04 Å². The second-order valence-corrected chi connectivity index (χ2v) is 8.60. The van der Waals surface area contributed by atoms with Gasteiger partial charge in [-0.15, -0.1) is 0 Å². The van der Waals surface area contributed by atoms with E-state index in [1.807, 2.05) is 53.1 Å². The number of ether oxygens (including phenoxy) is 1. The number of amides is 2. The van der Waals surface area contributed by atoms with Gasteiger partial charge >= 0.3 is 0 Å². The minimum Gasteiger partial charge on any atom is -0.342 e. The van der Waals surface area contributed by atoms with Crippen molar-refractivity contribution in [3.8, 4) is 0 Å². The number of halogens is 1. The van der Waals surface area contributed by atoms with Crippen LogP contribution in [0, 0.1) is 5.82 Å². The number of piperidine rings is 1. The van der Waals surface area contributed by atoms with E-state index in [1.165, 1.54) is 12.1 Å². The summed E-state index contributed by atoms with van der Waals surface area (Å²) >= 11 is 0. The molecule has 2 aromatic carbocycles. The Morgan fingerprint density at radius 2 is 1.93 bits per heavy atom. The number of benzene rings is 2. The van der Waals surface area contributed by atoms with Crippen LogP contribution < -0.4 is 0 Å². The van der Waals surface area contributed by atoms with Crippen molar-refractivity contribution in [1.82, 2.24) is 9.80 Å². The fourth-order valence-electron chi connectivity index (χ4n) is 5.32. The Kier molecular flexibility index (Phi) is 4.62. The molecule has 0 N–H and O–H groups in total. The van der Waals surface area contributed by atoms with E-state index in [0.29, 0.717) is 24.9 Å². The Hall–Kier alpha value is -2.73. The number of hydrogen-bond acceptors (Lipinski definition) is 3. The van der Waals surface area contributed by atoms with E-state index in [0.717, 1.165) is 18.4 Å². The summed E-state index contributed by atoms with van der Waals surface area (Å²) in [4.78, 5) is 30.1. The lowest BCUT2D eigenvalue weighted by molar-refractivity contribution is -0.144. The molecule has 1 spiro atoms. The van der Waals surface area contributed by atoms with Crippen molar-refractivity contribution in [3.05, 3.63) is 71.5 Å². The summed E-state index contributed by atoms with van der Waals surface area (Å²) in [6.07, 6.45) is 2.21. The molecule has 5 rings (SSSR count). The van der Waals surface area contributed by atoms with E-state index >= 15 is 0 Å². The maximum Gasteiger partial charge on any atom is 0.257 e. The molecular weight excluding hydrogens is 383 g/mol. The van der Waals surface area contributed by atoms with Crippen LogP contribution in [0.5, 0.6) is 0 Å². The molecule has 3 aliphatic heterocycles. The Labute approximate surface area is 175 Å². The van der Waals surface area contributed by atoms with Crippen LogP contribution in [0.15, 0.2) is 54.6 Å². The van der Waals surface area contributed by atoms with Crippen molar-refractivity contribution >= 4 is 11.8 Å². The monoisotopic (exact) mass is 408 g/mol. The fourth-order valence-corrected chi connectivity index (χ4v) is 5.32. The van der Waals surface area contributed by atoms with Crippen LogP contribution in [-0.2, 0) is 9.53 Å². The van der Waals surface area contributed by atoms with Gasteiger partial charge in [0.15, 0.2) is 5.60 Å². The zero-order valence-electron chi connectivity index (χ0n) is 17.0. The molecule has 0 saturated carbocycles. The third-order valence-electron chi connectivity index (χ3n) is 6.75. The van der Waals surface area contributed by atoms with Gasteiger partial charge < -0.3 is 14.5 Å². The summed E-state index contributed by atoms with van der Waals surface area (Å²) in [6, 6.07) is 15.5. The molecule has 0 bridgehead atoms. The summed E-state index contributed by atoms with van der Waals surface area (Å²) in [5.74, 6) is -0.320. The second-order valence-electron chi connectivity index (χ2n) is 8.60. The number of carbonyl (C=O) groups excluding carboxylic acids is 2. The average Bonchev–Trinajstić information content (AvgIpc) is 3.26. The van der Waals surface area contributed by atoms with Crippen molar-refractivity contribution in [3.63, 3.8) is 0 Å². The molecule has 3 saturated heterocycles. The van der Waals surface area contributed by atoms with E-state index in [4.69, 9.17) is 4.74 Å². The maximum atomic E-state index is 13.7. The number of likely N-dealkylation sites (tertiary alicyclic amines) is 1. The van der Waals surface area contributed by atoms with Gasteiger partial charge in [-0.25, -0.2) is 4.39 Å². The van der Waals surface area contributed by atoms with Gasteiger partial charge in [-0.05, 0) is 49.6 Å². The number of rotatable bonds is 2. The van der Waals surface area contributed by atoms with Crippen LogP contribution in [0.4, 0.5) is 4.39 Å². The Morgan fingerprint density at radius 1 is 1.13 bits per heavy atom. The second kappa shape index (κ2) is 7.20. The summed E-state index contributed by atoms with van der Waals surface area (Å²) in [5, 5.41) is 0. The number of hydrogen-bond donors (Lipinski definition) is 0. The molecule has 30 heavy (non-hydrogen) atoms. The van der Waals surface area contributed by atoms with Crippen LogP contribution in [-0.4, -0.2) is 46.0 Å². The highest BCUT2D eigenvalue weighted by atomic mass is 19.1. The number of nitrogens with zero attached hydrogens (tertiary/aromatic N) is 2. The molecule has 0 radical (unpaired) electrons. The topological polar surface area (TPSA) is 49.9 Å². The lowest BCUT2D eigenvalue weighted by Crippen LogP contribution is -2.55. The molecule has 3 heterocycles. The molecule has 5 nitrogen and oxygen atoms in total. The lowest BCUT2D eigenvalue weighted by atomic mass is 9.85. The predicted molar refractivity (Wildman–Crippen MR) is 109 cm³/mol. The third kappa shape index (κ3) is 3.01. The van der Waals surface area contributed by atoms with Crippen molar-refractivity contribution < 1.29 is 18.7 Å². The first-order chi connectivity index (χ1) is 14.5. The zero-order valence-corrected chi connectivity index (χ0v) is 17.0. The van der Waals surface area contributed by atoms with Crippen molar-refractivity contribution in [2.24, 2.45) is 0 Å². The van der Waals surface area contributed by atoms with Gasteiger partial charge in [0.25, 0.3) is 11.8 Å². The first-order valence-corrected chi connectivity index (χ1v) is 10.6. The molecular formula is C24H25FN2O3. The molecule has 2 amide bonds. The molecule has 4 atom stereocenters. The van der Waals surface area contributed by atoms with Gasteiger partial charge in [-0.1, -0.05) is 30.3 Å². The highest BCUT2D eigenvalue weighted by Gasteiger charge is 2.59. The third-order valence-corrected chi connectivity index (χ3v) is 6.75. The van der Waals surface area contributed by atoms with Gasteiger partial charge in [-0.2, -0.15) is 0 Å². The minimum absolute atomic E-state index is 0.0125. The van der Waals surface area contributed by atoms with Crippen LogP contribution in [0.3, 0.4) is 0 Å². The van der Waals surface area contributed by atoms with E-state index in [1.54, 1.807) is 6.07 Å². The molecule has 0 aromatic heterocycles. The van der Waals surface area contributed by atoms with Crippen LogP contribution in [0.1, 0.15) is 54.6 Å². The van der Waals surface area contributed by atoms with Crippen molar-refractivity contribution in [2.45, 2.75) is 56.5 Å². The molecule has 3 aliphatic rings. The summed E-state index contributed by atoms with van der Waals surface area (Å²) in [5.41, 5.74) is 0.589. The van der Waals surface area contributed by atoms with Gasteiger partial charge in [0.2, 0.25) is 0 Å². The van der Waals surface area contributed by atoms with Crippen molar-refractivity contribution in [2.75, 3.05) is 6.54 Å². The largest absolute Gasteiger partial charge is 0.342 e. The molecule has 0 aliphatic carbocycles. The summed E-state index contributed by atoms with van der Waals surface area (Å²) < 4.78 is 20.1. The van der Waals surface area contributed by atoms with Gasteiger partial charge in [0.1, 0.15) is 12.0 Å². The molecule has 2 aromatic rings. The normalized spacial score (nSPS) is 30.7. The first kappa shape index (κ1) is 19.2. The predicted octanol–water partition coefficient (Wildman–Crippen LogP) is 3.91. The summed E-state index contributed by atoms with van der Waals surface area (Å²) in [7, 11) is 0. The highest BCUT2D eigenvalue weighted by molar-refractivity contribution is 5.95. The fraction of sp³-hybridized carbons (Fsp3) is 0.417. The molecule has 6 heteroatoms. The van der Waals surface area contributed by atoms with Gasteiger partial charge in [-0.3, -0.25) is 9.59 Å². The van der Waals surface area contributed by atoms with E-state index < -0.39 is 5.60 Å². The SMILES string of the molecule is CC1C[C@@]2(CCN1C(=O)c1ccccc1)O[C@@H]1CC[C@@H](c3cccc(F)c3)N1C2=O. The number of fused-ring (bicyclic) bond motifs is 1. The standard InChI is InChI=1S/C24H25FN2O3/c1-16-15-24(12-13-26(16)22(28)17-6-3-2-4-7-17)23(29)27-20(10-11-21(27)30-24)18-8-5-9-19(25)14-18/h2-9,14,16,20-21H,10-13,15H2,1H3/t16?,20-,21+,24+/m0/s1. The maximum absolute atomic E-state index is 13.7. The zero-order chi connectivity index (χ0) is 20.9. The van der Waals surface area contributed by atoms with Gasteiger partial charge in [0, 0.05) is 31.0 Å².